The second kappa shape index (κ2) is 8.52. The molecule has 0 saturated heterocycles. The van der Waals surface area contributed by atoms with Crippen molar-refractivity contribution < 1.29 is 14.3 Å². The highest BCUT2D eigenvalue weighted by molar-refractivity contribution is 5.94. The van der Waals surface area contributed by atoms with Gasteiger partial charge >= 0.3 is 0 Å². The molecule has 0 bridgehead atoms. The van der Waals surface area contributed by atoms with Crippen molar-refractivity contribution in [3.05, 3.63) is 59.7 Å². The fourth-order valence-electron chi connectivity index (χ4n) is 2.65. The van der Waals surface area contributed by atoms with Crippen LogP contribution in [0.5, 0.6) is 5.75 Å². The van der Waals surface area contributed by atoms with Crippen LogP contribution in [0.1, 0.15) is 24.0 Å². The number of hydrogen-bond acceptors (Lipinski definition) is 3. The van der Waals surface area contributed by atoms with Gasteiger partial charge in [-0.25, -0.2) is 0 Å². The number of carbonyl (C=O) groups is 2. The molecule has 3 rings (SSSR count). The molecule has 5 heteroatoms. The van der Waals surface area contributed by atoms with Crippen LogP contribution < -0.4 is 15.4 Å². The molecule has 0 atom stereocenters. The monoisotopic (exact) mass is 352 g/mol. The Morgan fingerprint density at radius 1 is 1.08 bits per heavy atom. The lowest BCUT2D eigenvalue weighted by Gasteiger charge is -2.09. The van der Waals surface area contributed by atoms with E-state index in [0.717, 1.165) is 24.9 Å². The maximum Gasteiger partial charge on any atom is 0.257 e. The van der Waals surface area contributed by atoms with Gasteiger partial charge in [0.25, 0.3) is 5.91 Å². The summed E-state index contributed by atoms with van der Waals surface area (Å²) in [4.78, 5) is 23.6. The van der Waals surface area contributed by atoms with Gasteiger partial charge in [-0.2, -0.15) is 0 Å². The normalized spacial score (nSPS) is 13.1. The molecule has 2 aromatic rings. The quantitative estimate of drug-likeness (QED) is 0.767. The lowest BCUT2D eigenvalue weighted by molar-refractivity contribution is -0.123. The predicted octanol–water partition coefficient (Wildman–Crippen LogP) is 3.08. The Hall–Kier alpha value is -2.82. The van der Waals surface area contributed by atoms with Gasteiger partial charge in [0, 0.05) is 18.2 Å². The third-order valence-corrected chi connectivity index (χ3v) is 4.42. The summed E-state index contributed by atoms with van der Waals surface area (Å²) in [6, 6.07) is 15.2. The summed E-state index contributed by atoms with van der Waals surface area (Å²) in [5.74, 6) is 0.703. The Morgan fingerprint density at radius 2 is 1.81 bits per heavy atom. The average Bonchev–Trinajstić information content (AvgIpc) is 3.48. The van der Waals surface area contributed by atoms with Gasteiger partial charge in [0.1, 0.15) is 5.75 Å². The van der Waals surface area contributed by atoms with Crippen molar-refractivity contribution in [1.29, 1.82) is 0 Å². The number of ether oxygens (including phenoxy) is 1. The Balaban J connectivity index is 1.37. The summed E-state index contributed by atoms with van der Waals surface area (Å²) >= 11 is 0. The number of benzene rings is 2. The molecule has 2 amide bonds. The second-order valence-electron chi connectivity index (χ2n) is 6.60. The van der Waals surface area contributed by atoms with E-state index in [1.54, 1.807) is 24.3 Å². The average molecular weight is 352 g/mol. The Bertz CT molecular complexity index is 767. The number of carbonyl (C=O) groups excluding carboxylic acids is 2. The summed E-state index contributed by atoms with van der Waals surface area (Å²) in [5.41, 5.74) is 3.21. The number of anilines is 1. The van der Waals surface area contributed by atoms with E-state index in [2.05, 4.69) is 29.7 Å². The zero-order valence-corrected chi connectivity index (χ0v) is 15.0. The van der Waals surface area contributed by atoms with Crippen LogP contribution >= 0.6 is 0 Å². The summed E-state index contributed by atoms with van der Waals surface area (Å²) < 4.78 is 5.49. The van der Waals surface area contributed by atoms with Crippen LogP contribution in [0.4, 0.5) is 5.69 Å². The highest BCUT2D eigenvalue weighted by Gasteiger charge is 2.29. The fourth-order valence-corrected chi connectivity index (χ4v) is 2.65. The minimum Gasteiger partial charge on any atom is -0.484 e. The van der Waals surface area contributed by atoms with Crippen LogP contribution in [0.2, 0.25) is 0 Å². The van der Waals surface area contributed by atoms with Crippen molar-refractivity contribution in [2.24, 2.45) is 5.92 Å². The molecule has 1 aliphatic carbocycles. The Labute approximate surface area is 153 Å². The summed E-state index contributed by atoms with van der Waals surface area (Å²) in [6.07, 6.45) is 2.76. The van der Waals surface area contributed by atoms with Crippen molar-refractivity contribution in [2.45, 2.75) is 26.2 Å². The first kappa shape index (κ1) is 18.0. The van der Waals surface area contributed by atoms with Crippen molar-refractivity contribution in [3.63, 3.8) is 0 Å². The number of nitrogens with one attached hydrogen (secondary N) is 2. The minimum atomic E-state index is -0.148. The van der Waals surface area contributed by atoms with Crippen LogP contribution in [0.3, 0.4) is 0 Å². The zero-order valence-electron chi connectivity index (χ0n) is 15.0. The predicted molar refractivity (Wildman–Crippen MR) is 101 cm³/mol. The molecule has 0 unspecified atom stereocenters. The molecule has 5 nitrogen and oxygen atoms in total. The van der Waals surface area contributed by atoms with Crippen LogP contribution in [0.15, 0.2) is 48.5 Å². The maximum absolute atomic E-state index is 11.9. The van der Waals surface area contributed by atoms with Gasteiger partial charge in [0.05, 0.1) is 0 Å². The van der Waals surface area contributed by atoms with Crippen molar-refractivity contribution in [1.82, 2.24) is 5.32 Å². The van der Waals surface area contributed by atoms with Crippen LogP contribution in [-0.4, -0.2) is 25.0 Å². The standard InChI is InChI=1S/C21H24N2O3/c1-15-4-2-3-5-16(15)12-13-22-20(24)14-26-19-10-8-18(9-11-19)23-21(25)17-6-7-17/h2-5,8-11,17H,6-7,12-14H2,1H3,(H,22,24)(H,23,25). The largest absolute Gasteiger partial charge is 0.484 e. The van der Waals surface area contributed by atoms with E-state index in [0.29, 0.717) is 12.3 Å². The minimum absolute atomic E-state index is 0.0262. The lowest BCUT2D eigenvalue weighted by atomic mass is 10.1. The van der Waals surface area contributed by atoms with Crippen molar-refractivity contribution in [3.8, 4) is 5.75 Å². The van der Waals surface area contributed by atoms with E-state index in [-0.39, 0.29) is 24.3 Å². The van der Waals surface area contributed by atoms with Crippen molar-refractivity contribution >= 4 is 17.5 Å². The van der Waals surface area contributed by atoms with Gasteiger partial charge in [0.15, 0.2) is 6.61 Å². The molecule has 2 aromatic carbocycles. The summed E-state index contributed by atoms with van der Waals surface area (Å²) in [5, 5.41) is 5.73. The van der Waals surface area contributed by atoms with Gasteiger partial charge in [-0.1, -0.05) is 24.3 Å². The van der Waals surface area contributed by atoms with Crippen LogP contribution in [0, 0.1) is 12.8 Å². The van der Waals surface area contributed by atoms with Gasteiger partial charge < -0.3 is 15.4 Å². The molecule has 1 saturated carbocycles. The summed E-state index contributed by atoms with van der Waals surface area (Å²) in [7, 11) is 0. The molecule has 0 radical (unpaired) electrons. The lowest BCUT2D eigenvalue weighted by Crippen LogP contribution is -2.30. The summed E-state index contributed by atoms with van der Waals surface area (Å²) in [6.45, 7) is 2.62. The molecular weight excluding hydrogens is 328 g/mol. The third kappa shape index (κ3) is 5.34. The molecular formula is C21H24N2O3. The SMILES string of the molecule is Cc1ccccc1CCNC(=O)COc1ccc(NC(=O)C2CC2)cc1. The van der Waals surface area contributed by atoms with Crippen LogP contribution in [0.25, 0.3) is 0 Å². The first-order valence-corrected chi connectivity index (χ1v) is 8.97. The van der Waals surface area contributed by atoms with E-state index in [1.165, 1.54) is 11.1 Å². The molecule has 0 aromatic heterocycles. The zero-order chi connectivity index (χ0) is 18.4. The smallest absolute Gasteiger partial charge is 0.257 e. The fraction of sp³-hybridized carbons (Fsp3) is 0.333. The molecule has 1 aliphatic rings. The number of hydrogen-bond donors (Lipinski definition) is 2. The Morgan fingerprint density at radius 3 is 2.50 bits per heavy atom. The van der Waals surface area contributed by atoms with Gasteiger partial charge in [-0.15, -0.1) is 0 Å². The molecule has 1 fully saturated rings. The molecule has 0 heterocycles. The topological polar surface area (TPSA) is 67.4 Å². The van der Waals surface area contributed by atoms with E-state index < -0.39 is 0 Å². The molecule has 0 spiro atoms. The Kier molecular flexibility index (Phi) is 5.89. The van der Waals surface area contributed by atoms with Gasteiger partial charge in [-0.05, 0) is 61.6 Å². The van der Waals surface area contributed by atoms with E-state index in [1.807, 2.05) is 12.1 Å². The third-order valence-electron chi connectivity index (χ3n) is 4.42. The molecule has 26 heavy (non-hydrogen) atoms. The van der Waals surface area contributed by atoms with E-state index >= 15 is 0 Å². The highest BCUT2D eigenvalue weighted by atomic mass is 16.5. The first-order chi connectivity index (χ1) is 12.6. The molecule has 136 valence electrons. The van der Waals surface area contributed by atoms with Gasteiger partial charge in [0.2, 0.25) is 5.91 Å². The maximum atomic E-state index is 11.9. The molecule has 2 N–H and O–H groups in total. The number of rotatable bonds is 8. The van der Waals surface area contributed by atoms with E-state index in [9.17, 15) is 9.59 Å². The first-order valence-electron chi connectivity index (χ1n) is 8.97. The highest BCUT2D eigenvalue weighted by Crippen LogP contribution is 2.30. The second-order valence-corrected chi connectivity index (χ2v) is 6.60. The molecule has 0 aliphatic heterocycles. The van der Waals surface area contributed by atoms with E-state index in [4.69, 9.17) is 4.74 Å². The van der Waals surface area contributed by atoms with Crippen molar-refractivity contribution in [2.75, 3.05) is 18.5 Å². The number of aryl methyl sites for hydroxylation is 1. The number of amides is 2. The van der Waals surface area contributed by atoms with Crippen LogP contribution in [-0.2, 0) is 16.0 Å². The van der Waals surface area contributed by atoms with Gasteiger partial charge in [-0.3, -0.25) is 9.59 Å².